The van der Waals surface area contributed by atoms with Gasteiger partial charge in [-0.1, -0.05) is 23.2 Å². The lowest BCUT2D eigenvalue weighted by Crippen LogP contribution is -2.23. The highest BCUT2D eigenvalue weighted by molar-refractivity contribution is 6.41. The maximum atomic E-state index is 11.9. The van der Waals surface area contributed by atoms with Crippen molar-refractivity contribution in [3.63, 3.8) is 0 Å². The van der Waals surface area contributed by atoms with Crippen LogP contribution in [0, 0.1) is 0 Å². The molecule has 0 saturated heterocycles. The van der Waals surface area contributed by atoms with Crippen LogP contribution in [0.3, 0.4) is 0 Å². The summed E-state index contributed by atoms with van der Waals surface area (Å²) in [6.07, 6.45) is 0.886. The Kier molecular flexibility index (Phi) is 2.64. The van der Waals surface area contributed by atoms with Gasteiger partial charge in [0.1, 0.15) is 5.02 Å². The van der Waals surface area contributed by atoms with Crippen LogP contribution in [0.4, 0.5) is 8.78 Å². The highest BCUT2D eigenvalue weighted by Gasteiger charge is 2.13. The maximum absolute atomic E-state index is 11.9. The Hall–Kier alpha value is -0.680. The molecule has 0 aromatic carbocycles. The number of rotatable bonds is 1. The first-order valence-corrected chi connectivity index (χ1v) is 3.50. The van der Waals surface area contributed by atoms with Gasteiger partial charge < -0.3 is 0 Å². The van der Waals surface area contributed by atoms with Crippen molar-refractivity contribution < 1.29 is 8.78 Å². The molecule has 66 valence electrons. The average molecular weight is 215 g/mol. The molecular weight excluding hydrogens is 213 g/mol. The zero-order valence-electron chi connectivity index (χ0n) is 5.47. The quantitative estimate of drug-likeness (QED) is 0.717. The van der Waals surface area contributed by atoms with Crippen LogP contribution in [0.25, 0.3) is 0 Å². The summed E-state index contributed by atoms with van der Waals surface area (Å²) in [5, 5.41) is 2.48. The Balaban J connectivity index is 3.37. The van der Waals surface area contributed by atoms with Gasteiger partial charge in [-0.15, -0.1) is 0 Å². The van der Waals surface area contributed by atoms with E-state index in [2.05, 4.69) is 5.10 Å². The molecule has 0 aliphatic heterocycles. The second kappa shape index (κ2) is 3.37. The lowest BCUT2D eigenvalue weighted by Gasteiger charge is -2.02. The van der Waals surface area contributed by atoms with Crippen LogP contribution in [-0.4, -0.2) is 9.78 Å². The molecule has 0 aliphatic rings. The van der Waals surface area contributed by atoms with Crippen LogP contribution < -0.4 is 5.56 Å². The molecule has 3 nitrogen and oxygen atoms in total. The van der Waals surface area contributed by atoms with Gasteiger partial charge in [-0.05, 0) is 0 Å². The Morgan fingerprint density at radius 1 is 1.50 bits per heavy atom. The van der Waals surface area contributed by atoms with Gasteiger partial charge in [0.05, 0.1) is 11.2 Å². The minimum atomic E-state index is -3.01. The molecule has 1 aromatic heterocycles. The first-order chi connectivity index (χ1) is 5.54. The molecule has 0 atom stereocenters. The van der Waals surface area contributed by atoms with Crippen LogP contribution in [-0.2, 0) is 0 Å². The van der Waals surface area contributed by atoms with Crippen LogP contribution in [0.1, 0.15) is 6.55 Å². The summed E-state index contributed by atoms with van der Waals surface area (Å²) in [6.45, 7) is -3.01. The maximum Gasteiger partial charge on any atom is 0.336 e. The molecule has 0 saturated carbocycles. The molecule has 0 aliphatic carbocycles. The van der Waals surface area contributed by atoms with E-state index in [0.29, 0.717) is 0 Å². The van der Waals surface area contributed by atoms with Crippen LogP contribution in [0.2, 0.25) is 10.0 Å². The first-order valence-electron chi connectivity index (χ1n) is 2.75. The standard InChI is InChI=1S/C5H2Cl2F2N2O/c6-2-1-10-11(5(8)9)4(12)3(2)7/h1,5H. The van der Waals surface area contributed by atoms with Crippen molar-refractivity contribution in [1.82, 2.24) is 9.78 Å². The minimum absolute atomic E-state index is 0.0474. The molecule has 0 fully saturated rings. The number of nitrogens with zero attached hydrogens (tertiary/aromatic N) is 2. The molecular formula is C5H2Cl2F2N2O. The van der Waals surface area contributed by atoms with Crippen LogP contribution in [0.5, 0.6) is 0 Å². The molecule has 7 heteroatoms. The SMILES string of the molecule is O=c1c(Cl)c(Cl)cnn1C(F)F. The normalized spacial score (nSPS) is 10.8. The predicted octanol–water partition coefficient (Wildman–Crippen LogP) is 1.95. The zero-order valence-corrected chi connectivity index (χ0v) is 6.98. The summed E-state index contributed by atoms with van der Waals surface area (Å²) in [4.78, 5) is 10.8. The molecule has 0 amide bonds. The van der Waals surface area contributed by atoms with E-state index in [-0.39, 0.29) is 9.70 Å². The summed E-state index contributed by atoms with van der Waals surface area (Å²) < 4.78 is 23.8. The first kappa shape index (κ1) is 9.41. The molecule has 0 radical (unpaired) electrons. The number of aromatic nitrogens is 2. The van der Waals surface area contributed by atoms with Gasteiger partial charge >= 0.3 is 6.55 Å². The van der Waals surface area contributed by atoms with Crippen LogP contribution in [0.15, 0.2) is 11.0 Å². The van der Waals surface area contributed by atoms with E-state index < -0.39 is 17.1 Å². The largest absolute Gasteiger partial charge is 0.336 e. The molecule has 1 aromatic rings. The lowest BCUT2D eigenvalue weighted by molar-refractivity contribution is 0.0511. The number of alkyl halides is 2. The van der Waals surface area contributed by atoms with Gasteiger partial charge in [0, 0.05) is 0 Å². The highest BCUT2D eigenvalue weighted by atomic mass is 35.5. The van der Waals surface area contributed by atoms with Crippen molar-refractivity contribution >= 4 is 23.2 Å². The fraction of sp³-hybridized carbons (Fsp3) is 0.200. The fourth-order valence-electron chi connectivity index (χ4n) is 0.564. The topological polar surface area (TPSA) is 34.9 Å². The third kappa shape index (κ3) is 1.56. The second-order valence-corrected chi connectivity index (χ2v) is 2.62. The Bertz CT molecular complexity index is 352. The van der Waals surface area contributed by atoms with Crippen molar-refractivity contribution in [1.29, 1.82) is 0 Å². The second-order valence-electron chi connectivity index (χ2n) is 1.83. The Morgan fingerprint density at radius 2 is 2.08 bits per heavy atom. The molecule has 0 spiro atoms. The van der Waals surface area contributed by atoms with E-state index in [1.54, 1.807) is 0 Å². The van der Waals surface area contributed by atoms with E-state index in [0.717, 1.165) is 6.20 Å². The number of hydrogen-bond donors (Lipinski definition) is 0. The Labute approximate surface area is 75.5 Å². The molecule has 0 bridgehead atoms. The predicted molar refractivity (Wildman–Crippen MR) is 39.8 cm³/mol. The molecule has 1 rings (SSSR count). The smallest absolute Gasteiger partial charge is 0.266 e. The van der Waals surface area contributed by atoms with Gasteiger partial charge in [0.15, 0.2) is 0 Å². The fourth-order valence-corrected chi connectivity index (χ4v) is 0.824. The minimum Gasteiger partial charge on any atom is -0.266 e. The summed E-state index contributed by atoms with van der Waals surface area (Å²) >= 11 is 10.6. The van der Waals surface area contributed by atoms with Gasteiger partial charge in [-0.25, -0.2) is 0 Å². The monoisotopic (exact) mass is 214 g/mol. The average Bonchev–Trinajstić information content (AvgIpc) is 2.00. The van der Waals surface area contributed by atoms with Gasteiger partial charge in [-0.2, -0.15) is 18.6 Å². The van der Waals surface area contributed by atoms with Crippen LogP contribution >= 0.6 is 23.2 Å². The van der Waals surface area contributed by atoms with Crippen molar-refractivity contribution in [3.8, 4) is 0 Å². The van der Waals surface area contributed by atoms with Gasteiger partial charge in [0.2, 0.25) is 0 Å². The summed E-state index contributed by atoms with van der Waals surface area (Å²) in [5.74, 6) is 0. The van der Waals surface area contributed by atoms with Gasteiger partial charge in [-0.3, -0.25) is 4.79 Å². The van der Waals surface area contributed by atoms with Crippen molar-refractivity contribution in [2.45, 2.75) is 6.55 Å². The van der Waals surface area contributed by atoms with Crippen molar-refractivity contribution in [2.75, 3.05) is 0 Å². The number of halogens is 4. The third-order valence-electron chi connectivity index (χ3n) is 1.09. The molecule has 1 heterocycles. The molecule has 0 N–H and O–H groups in total. The van der Waals surface area contributed by atoms with E-state index in [1.165, 1.54) is 0 Å². The summed E-state index contributed by atoms with van der Waals surface area (Å²) in [5.41, 5.74) is -1.10. The van der Waals surface area contributed by atoms with E-state index in [4.69, 9.17) is 23.2 Å². The summed E-state index contributed by atoms with van der Waals surface area (Å²) in [7, 11) is 0. The summed E-state index contributed by atoms with van der Waals surface area (Å²) in [6, 6.07) is 0. The zero-order chi connectivity index (χ0) is 9.30. The molecule has 0 unspecified atom stereocenters. The van der Waals surface area contributed by atoms with E-state index in [9.17, 15) is 13.6 Å². The lowest BCUT2D eigenvalue weighted by atomic mass is 10.6. The number of hydrogen-bond acceptors (Lipinski definition) is 2. The van der Waals surface area contributed by atoms with E-state index >= 15 is 0 Å². The van der Waals surface area contributed by atoms with Gasteiger partial charge in [0.25, 0.3) is 5.56 Å². The molecule has 12 heavy (non-hydrogen) atoms. The van der Waals surface area contributed by atoms with E-state index in [1.807, 2.05) is 0 Å². The Morgan fingerprint density at radius 3 is 2.58 bits per heavy atom. The third-order valence-corrected chi connectivity index (χ3v) is 1.83. The van der Waals surface area contributed by atoms with Crippen molar-refractivity contribution in [2.24, 2.45) is 0 Å². The van der Waals surface area contributed by atoms with Crippen molar-refractivity contribution in [3.05, 3.63) is 26.6 Å². The highest BCUT2D eigenvalue weighted by Crippen LogP contribution is 2.16.